The smallest absolute Gasteiger partial charge is 0.233 e. The molecule has 0 amide bonds. The van der Waals surface area contributed by atoms with E-state index in [9.17, 15) is 0 Å². The minimum Gasteiger partial charge on any atom is -0.424 e. The Balaban J connectivity index is 1.51. The van der Waals surface area contributed by atoms with Crippen LogP contribution in [0.2, 0.25) is 0 Å². The summed E-state index contributed by atoms with van der Waals surface area (Å²) in [5.74, 6) is 4.60. The first-order valence-electron chi connectivity index (χ1n) is 8.69. The van der Waals surface area contributed by atoms with E-state index in [0.29, 0.717) is 5.41 Å². The van der Waals surface area contributed by atoms with Gasteiger partial charge in [-0.15, -0.1) is 10.2 Å². The maximum atomic E-state index is 5.98. The molecule has 4 aliphatic carbocycles. The van der Waals surface area contributed by atoms with E-state index in [2.05, 4.69) is 22.4 Å². The molecular formula is C17H27N3O. The molecule has 1 atom stereocenters. The van der Waals surface area contributed by atoms with Crippen molar-refractivity contribution in [2.75, 3.05) is 7.05 Å². The van der Waals surface area contributed by atoms with Crippen molar-refractivity contribution >= 4 is 0 Å². The standard InChI is InChI=1S/C17H27N3O/c1-3-14(18-2)16-20-19-15(21-16)10-17-7-11-4-12(8-17)6-13(5-11)9-17/h11-14,18H,3-10H2,1-2H3. The van der Waals surface area contributed by atoms with Crippen molar-refractivity contribution in [3.63, 3.8) is 0 Å². The summed E-state index contributed by atoms with van der Waals surface area (Å²) < 4.78 is 5.98. The Morgan fingerprint density at radius 3 is 2.29 bits per heavy atom. The zero-order valence-corrected chi connectivity index (χ0v) is 13.3. The maximum absolute atomic E-state index is 5.98. The van der Waals surface area contributed by atoms with Gasteiger partial charge in [-0.05, 0) is 75.2 Å². The molecule has 0 aromatic carbocycles. The Kier molecular flexibility index (Phi) is 3.32. The molecule has 4 saturated carbocycles. The zero-order chi connectivity index (χ0) is 14.4. The SMILES string of the molecule is CCC(NC)c1nnc(CC23CC4CC(CC(C4)C2)C3)o1. The molecule has 4 bridgehead atoms. The summed E-state index contributed by atoms with van der Waals surface area (Å²) >= 11 is 0. The van der Waals surface area contributed by atoms with Gasteiger partial charge in [-0.3, -0.25) is 0 Å². The summed E-state index contributed by atoms with van der Waals surface area (Å²) in [7, 11) is 1.96. The number of nitrogens with one attached hydrogen (secondary N) is 1. The number of hydrogen-bond acceptors (Lipinski definition) is 4. The lowest BCUT2D eigenvalue weighted by Gasteiger charge is -2.56. The summed E-state index contributed by atoms with van der Waals surface area (Å²) in [6.07, 6.45) is 10.7. The van der Waals surface area contributed by atoms with Gasteiger partial charge < -0.3 is 9.73 Å². The van der Waals surface area contributed by atoms with Crippen molar-refractivity contribution in [2.24, 2.45) is 23.2 Å². The summed E-state index contributed by atoms with van der Waals surface area (Å²) in [6, 6.07) is 0.197. The average Bonchev–Trinajstić information content (AvgIpc) is 2.86. The van der Waals surface area contributed by atoms with Crippen LogP contribution in [-0.2, 0) is 6.42 Å². The van der Waals surface area contributed by atoms with Crippen molar-refractivity contribution in [1.82, 2.24) is 15.5 Å². The van der Waals surface area contributed by atoms with Gasteiger partial charge in [0.15, 0.2) is 0 Å². The average molecular weight is 289 g/mol. The lowest BCUT2D eigenvalue weighted by atomic mass is 9.49. The summed E-state index contributed by atoms with van der Waals surface area (Å²) in [4.78, 5) is 0. The maximum Gasteiger partial charge on any atom is 0.233 e. The highest BCUT2D eigenvalue weighted by atomic mass is 16.4. The van der Waals surface area contributed by atoms with Gasteiger partial charge in [0.2, 0.25) is 11.8 Å². The van der Waals surface area contributed by atoms with Crippen molar-refractivity contribution in [1.29, 1.82) is 0 Å². The van der Waals surface area contributed by atoms with E-state index in [1.165, 1.54) is 38.5 Å². The van der Waals surface area contributed by atoms with Gasteiger partial charge in [0, 0.05) is 6.42 Å². The topological polar surface area (TPSA) is 51.0 Å². The summed E-state index contributed by atoms with van der Waals surface area (Å²) in [5.41, 5.74) is 0.486. The molecule has 0 radical (unpaired) electrons. The first-order chi connectivity index (χ1) is 10.2. The fourth-order valence-electron chi connectivity index (χ4n) is 5.81. The highest BCUT2D eigenvalue weighted by Crippen LogP contribution is 2.60. The van der Waals surface area contributed by atoms with Crippen LogP contribution in [0.15, 0.2) is 4.42 Å². The van der Waals surface area contributed by atoms with E-state index >= 15 is 0 Å². The molecule has 4 nitrogen and oxygen atoms in total. The first-order valence-corrected chi connectivity index (χ1v) is 8.69. The number of hydrogen-bond donors (Lipinski definition) is 1. The second kappa shape index (κ2) is 5.08. The zero-order valence-electron chi connectivity index (χ0n) is 13.3. The Labute approximate surface area is 127 Å². The van der Waals surface area contributed by atoms with Crippen LogP contribution in [0.25, 0.3) is 0 Å². The van der Waals surface area contributed by atoms with Crippen molar-refractivity contribution in [3.8, 4) is 0 Å². The third kappa shape index (κ3) is 2.41. The predicted molar refractivity (Wildman–Crippen MR) is 80.7 cm³/mol. The number of aromatic nitrogens is 2. The second-order valence-electron chi connectivity index (χ2n) is 7.88. The van der Waals surface area contributed by atoms with E-state index in [-0.39, 0.29) is 6.04 Å². The molecule has 116 valence electrons. The normalized spacial score (nSPS) is 38.9. The Bertz CT molecular complexity index is 471. The predicted octanol–water partition coefficient (Wildman–Crippen LogP) is 3.50. The van der Waals surface area contributed by atoms with E-state index in [1.54, 1.807) is 0 Å². The Hall–Kier alpha value is -0.900. The van der Waals surface area contributed by atoms with Crippen LogP contribution in [-0.4, -0.2) is 17.2 Å². The highest BCUT2D eigenvalue weighted by Gasteiger charge is 2.51. The number of rotatable bonds is 5. The third-order valence-electron chi connectivity index (χ3n) is 6.23. The first kappa shape index (κ1) is 13.7. The monoisotopic (exact) mass is 289 g/mol. The van der Waals surface area contributed by atoms with Crippen LogP contribution in [0.5, 0.6) is 0 Å². The van der Waals surface area contributed by atoms with E-state index < -0.39 is 0 Å². The summed E-state index contributed by atoms with van der Waals surface area (Å²) in [6.45, 7) is 2.14. The molecule has 1 heterocycles. The van der Waals surface area contributed by atoms with Crippen LogP contribution < -0.4 is 5.32 Å². The quantitative estimate of drug-likeness (QED) is 0.901. The fraction of sp³-hybridized carbons (Fsp3) is 0.882. The van der Waals surface area contributed by atoms with Crippen LogP contribution >= 0.6 is 0 Å². The molecular weight excluding hydrogens is 262 g/mol. The molecule has 0 spiro atoms. The van der Waals surface area contributed by atoms with E-state index in [1.807, 2.05) is 7.05 Å². The van der Waals surface area contributed by atoms with E-state index in [4.69, 9.17) is 4.42 Å². The van der Waals surface area contributed by atoms with Gasteiger partial charge in [0.05, 0.1) is 6.04 Å². The minimum absolute atomic E-state index is 0.197. The molecule has 4 heteroatoms. The lowest BCUT2D eigenvalue weighted by molar-refractivity contribution is -0.0552. The second-order valence-corrected chi connectivity index (χ2v) is 7.88. The molecule has 4 aliphatic rings. The van der Waals surface area contributed by atoms with Crippen molar-refractivity contribution in [3.05, 3.63) is 11.8 Å². The van der Waals surface area contributed by atoms with Gasteiger partial charge in [-0.1, -0.05) is 6.92 Å². The molecule has 1 aromatic heterocycles. The van der Waals surface area contributed by atoms with Crippen molar-refractivity contribution in [2.45, 2.75) is 64.3 Å². The molecule has 21 heavy (non-hydrogen) atoms. The number of nitrogens with zero attached hydrogens (tertiary/aromatic N) is 2. The third-order valence-corrected chi connectivity index (χ3v) is 6.23. The largest absolute Gasteiger partial charge is 0.424 e. The van der Waals surface area contributed by atoms with Crippen molar-refractivity contribution < 1.29 is 4.42 Å². The molecule has 0 saturated heterocycles. The minimum atomic E-state index is 0.197. The van der Waals surface area contributed by atoms with Crippen LogP contribution in [0.4, 0.5) is 0 Å². The Morgan fingerprint density at radius 1 is 1.14 bits per heavy atom. The van der Waals surface area contributed by atoms with E-state index in [0.717, 1.165) is 42.4 Å². The lowest BCUT2D eigenvalue weighted by Crippen LogP contribution is -2.47. The molecule has 1 aromatic rings. The molecule has 1 unspecified atom stereocenters. The molecule has 5 rings (SSSR count). The van der Waals surface area contributed by atoms with Crippen LogP contribution in [0.1, 0.15) is 69.7 Å². The van der Waals surface area contributed by atoms with Gasteiger partial charge in [-0.2, -0.15) is 0 Å². The molecule has 0 aliphatic heterocycles. The van der Waals surface area contributed by atoms with Gasteiger partial charge >= 0.3 is 0 Å². The Morgan fingerprint density at radius 2 is 1.76 bits per heavy atom. The summed E-state index contributed by atoms with van der Waals surface area (Å²) in [5, 5.41) is 11.9. The molecule has 4 fully saturated rings. The van der Waals surface area contributed by atoms with Gasteiger partial charge in [0.25, 0.3) is 0 Å². The van der Waals surface area contributed by atoms with Crippen LogP contribution in [0.3, 0.4) is 0 Å². The van der Waals surface area contributed by atoms with Gasteiger partial charge in [-0.25, -0.2) is 0 Å². The fourth-order valence-corrected chi connectivity index (χ4v) is 5.81. The molecule has 1 N–H and O–H groups in total. The highest BCUT2D eigenvalue weighted by molar-refractivity contribution is 5.04. The van der Waals surface area contributed by atoms with Crippen LogP contribution in [0, 0.1) is 23.2 Å². The van der Waals surface area contributed by atoms with Gasteiger partial charge in [0.1, 0.15) is 0 Å².